The normalized spacial score (nSPS) is 17.9. The minimum absolute atomic E-state index is 0.0470. The maximum atomic E-state index is 12.7. The number of sulfone groups is 1. The van der Waals surface area contributed by atoms with Gasteiger partial charge in [-0.1, -0.05) is 19.8 Å². The van der Waals surface area contributed by atoms with Crippen LogP contribution in [0.2, 0.25) is 0 Å². The number of hydrogen-bond acceptors (Lipinski definition) is 5. The zero-order valence-electron chi connectivity index (χ0n) is 15.8. The van der Waals surface area contributed by atoms with E-state index in [0.717, 1.165) is 25.7 Å². The number of amides is 1. The molecule has 1 aromatic rings. The lowest BCUT2D eigenvalue weighted by molar-refractivity contribution is -0.115. The van der Waals surface area contributed by atoms with Crippen LogP contribution in [0.1, 0.15) is 46.0 Å². The molecule has 1 unspecified atom stereocenters. The van der Waals surface area contributed by atoms with Crippen molar-refractivity contribution in [1.29, 1.82) is 0 Å². The summed E-state index contributed by atoms with van der Waals surface area (Å²) in [5.74, 6) is -0.666. The predicted octanol–water partition coefficient (Wildman–Crippen LogP) is 2.40. The van der Waals surface area contributed by atoms with Gasteiger partial charge in [-0.05, 0) is 50.5 Å². The largest absolute Gasteiger partial charge is 0.325 e. The third kappa shape index (κ3) is 5.52. The molecule has 1 fully saturated rings. The van der Waals surface area contributed by atoms with Crippen molar-refractivity contribution < 1.29 is 21.6 Å². The fourth-order valence-corrected chi connectivity index (χ4v) is 5.83. The molecule has 9 heteroatoms. The van der Waals surface area contributed by atoms with Gasteiger partial charge in [0.2, 0.25) is 15.9 Å². The Kier molecular flexibility index (Phi) is 7.41. The molecule has 7 nitrogen and oxygen atoms in total. The zero-order chi connectivity index (χ0) is 20.1. The molecular weight excluding hydrogens is 388 g/mol. The number of carbonyl (C=O) groups is 1. The Morgan fingerprint density at radius 1 is 1.04 bits per heavy atom. The fraction of sp³-hybridized carbons (Fsp3) is 0.611. The average molecular weight is 417 g/mol. The molecular formula is C18H28N2O5S2. The van der Waals surface area contributed by atoms with Crippen molar-refractivity contribution in [1.82, 2.24) is 4.31 Å². The number of nitrogens with zero attached hydrogens (tertiary/aromatic N) is 1. The van der Waals surface area contributed by atoms with Crippen molar-refractivity contribution in [2.45, 2.75) is 56.1 Å². The molecule has 2 rings (SSSR count). The van der Waals surface area contributed by atoms with E-state index in [-0.39, 0.29) is 10.6 Å². The smallest absolute Gasteiger partial charge is 0.243 e. The SMILES string of the molecule is CCCS(=O)(=O)C(C)C(=O)Nc1ccc(S(=O)(=O)N2CCCCCC2)cc1. The summed E-state index contributed by atoms with van der Waals surface area (Å²) in [6, 6.07) is 5.87. The molecule has 1 aliphatic heterocycles. The number of rotatable bonds is 7. The van der Waals surface area contributed by atoms with Gasteiger partial charge in [0, 0.05) is 18.8 Å². The summed E-state index contributed by atoms with van der Waals surface area (Å²) in [5, 5.41) is 1.39. The van der Waals surface area contributed by atoms with Crippen molar-refractivity contribution in [3.8, 4) is 0 Å². The maximum Gasteiger partial charge on any atom is 0.243 e. The summed E-state index contributed by atoms with van der Waals surface area (Å²) in [6.45, 7) is 4.14. The number of benzene rings is 1. The number of hydrogen-bond donors (Lipinski definition) is 1. The molecule has 0 saturated carbocycles. The van der Waals surface area contributed by atoms with Gasteiger partial charge in [0.05, 0.1) is 10.6 Å². The highest BCUT2D eigenvalue weighted by atomic mass is 32.2. The van der Waals surface area contributed by atoms with Crippen LogP contribution in [0, 0.1) is 0 Å². The Morgan fingerprint density at radius 2 is 1.59 bits per heavy atom. The topological polar surface area (TPSA) is 101 Å². The highest BCUT2D eigenvalue weighted by Crippen LogP contribution is 2.22. The molecule has 27 heavy (non-hydrogen) atoms. The van der Waals surface area contributed by atoms with Gasteiger partial charge in [0.1, 0.15) is 5.25 Å². The van der Waals surface area contributed by atoms with E-state index in [1.165, 1.54) is 35.5 Å². The highest BCUT2D eigenvalue weighted by Gasteiger charge is 2.28. The van der Waals surface area contributed by atoms with Gasteiger partial charge in [-0.15, -0.1) is 0 Å². The van der Waals surface area contributed by atoms with E-state index in [9.17, 15) is 21.6 Å². The second-order valence-corrected chi connectivity index (χ2v) is 11.2. The molecule has 1 aliphatic rings. The van der Waals surface area contributed by atoms with E-state index in [1.807, 2.05) is 0 Å². The molecule has 0 spiro atoms. The van der Waals surface area contributed by atoms with Crippen LogP contribution < -0.4 is 5.32 Å². The monoisotopic (exact) mass is 416 g/mol. The van der Waals surface area contributed by atoms with Gasteiger partial charge in [0.25, 0.3) is 0 Å². The lowest BCUT2D eigenvalue weighted by Gasteiger charge is -2.20. The quantitative estimate of drug-likeness (QED) is 0.736. The van der Waals surface area contributed by atoms with E-state index in [4.69, 9.17) is 0 Å². The Hall–Kier alpha value is -1.45. The Labute approximate surface area is 162 Å². The molecule has 0 radical (unpaired) electrons. The number of sulfonamides is 1. The van der Waals surface area contributed by atoms with E-state index < -0.39 is 31.0 Å². The summed E-state index contributed by atoms with van der Waals surface area (Å²) >= 11 is 0. The van der Waals surface area contributed by atoms with Crippen LogP contribution in [0.5, 0.6) is 0 Å². The maximum absolute atomic E-state index is 12.7. The van der Waals surface area contributed by atoms with Gasteiger partial charge in [-0.2, -0.15) is 4.31 Å². The first-order valence-corrected chi connectivity index (χ1v) is 12.5. The van der Waals surface area contributed by atoms with Crippen molar-refractivity contribution in [3.63, 3.8) is 0 Å². The number of nitrogens with one attached hydrogen (secondary N) is 1. The van der Waals surface area contributed by atoms with Crippen molar-refractivity contribution in [3.05, 3.63) is 24.3 Å². The average Bonchev–Trinajstić information content (AvgIpc) is 2.91. The number of carbonyl (C=O) groups excluding carboxylic acids is 1. The summed E-state index contributed by atoms with van der Waals surface area (Å²) in [6.07, 6.45) is 4.24. The highest BCUT2D eigenvalue weighted by molar-refractivity contribution is 7.92. The van der Waals surface area contributed by atoms with Crippen LogP contribution in [-0.2, 0) is 24.7 Å². The van der Waals surface area contributed by atoms with E-state index >= 15 is 0 Å². The molecule has 0 bridgehead atoms. The third-order valence-electron chi connectivity index (χ3n) is 4.72. The zero-order valence-corrected chi connectivity index (χ0v) is 17.5. The first-order chi connectivity index (χ1) is 12.7. The Balaban J connectivity index is 2.09. The van der Waals surface area contributed by atoms with E-state index in [0.29, 0.717) is 25.2 Å². The van der Waals surface area contributed by atoms with Crippen LogP contribution in [-0.4, -0.2) is 51.1 Å². The fourth-order valence-electron chi connectivity index (χ4n) is 3.01. The minimum atomic E-state index is -3.55. The summed E-state index contributed by atoms with van der Waals surface area (Å²) < 4.78 is 51.0. The van der Waals surface area contributed by atoms with Crippen molar-refractivity contribution in [2.24, 2.45) is 0 Å². The molecule has 152 valence electrons. The standard InChI is InChI=1S/C18H28N2O5S2/c1-3-14-26(22,23)15(2)18(21)19-16-8-10-17(11-9-16)27(24,25)20-12-6-4-5-7-13-20/h8-11,15H,3-7,12-14H2,1-2H3,(H,19,21). The summed E-state index contributed by atoms with van der Waals surface area (Å²) in [7, 11) is -7.05. The molecule has 1 atom stereocenters. The van der Waals surface area contributed by atoms with Crippen LogP contribution in [0.3, 0.4) is 0 Å². The minimum Gasteiger partial charge on any atom is -0.325 e. The molecule has 0 aromatic heterocycles. The molecule has 0 aliphatic carbocycles. The van der Waals surface area contributed by atoms with Gasteiger partial charge in [-0.25, -0.2) is 16.8 Å². The third-order valence-corrected chi connectivity index (χ3v) is 8.90. The predicted molar refractivity (Wildman–Crippen MR) is 106 cm³/mol. The van der Waals surface area contributed by atoms with Crippen LogP contribution in [0.25, 0.3) is 0 Å². The van der Waals surface area contributed by atoms with Gasteiger partial charge < -0.3 is 5.32 Å². The lowest BCUT2D eigenvalue weighted by atomic mass is 10.2. The van der Waals surface area contributed by atoms with Gasteiger partial charge in [0.15, 0.2) is 9.84 Å². The molecule has 1 N–H and O–H groups in total. The van der Waals surface area contributed by atoms with Crippen molar-refractivity contribution >= 4 is 31.5 Å². The second-order valence-electron chi connectivity index (χ2n) is 6.84. The molecule has 1 saturated heterocycles. The van der Waals surface area contributed by atoms with Crippen LogP contribution >= 0.6 is 0 Å². The first kappa shape index (κ1) is 21.8. The summed E-state index contributed by atoms with van der Waals surface area (Å²) in [5.41, 5.74) is 0.369. The second kappa shape index (κ2) is 9.16. The van der Waals surface area contributed by atoms with Crippen LogP contribution in [0.4, 0.5) is 5.69 Å². The Morgan fingerprint density at radius 3 is 2.11 bits per heavy atom. The summed E-state index contributed by atoms with van der Waals surface area (Å²) in [4.78, 5) is 12.4. The number of anilines is 1. The first-order valence-electron chi connectivity index (χ1n) is 9.31. The molecule has 1 heterocycles. The van der Waals surface area contributed by atoms with E-state index in [2.05, 4.69) is 5.32 Å². The molecule has 1 amide bonds. The van der Waals surface area contributed by atoms with Gasteiger partial charge in [-0.3, -0.25) is 4.79 Å². The van der Waals surface area contributed by atoms with Crippen LogP contribution in [0.15, 0.2) is 29.2 Å². The molecule has 1 aromatic carbocycles. The van der Waals surface area contributed by atoms with Crippen molar-refractivity contribution in [2.75, 3.05) is 24.2 Å². The Bertz CT molecular complexity index is 840. The van der Waals surface area contributed by atoms with Gasteiger partial charge >= 0.3 is 0 Å². The lowest BCUT2D eigenvalue weighted by Crippen LogP contribution is -2.34. The van der Waals surface area contributed by atoms with E-state index in [1.54, 1.807) is 6.92 Å².